The molecule has 136 valence electrons. The third-order valence-electron chi connectivity index (χ3n) is 3.65. The van der Waals surface area contributed by atoms with E-state index >= 15 is 0 Å². The molecule has 0 spiro atoms. The van der Waals surface area contributed by atoms with Gasteiger partial charge in [0.2, 0.25) is 0 Å². The Labute approximate surface area is 152 Å². The monoisotopic (exact) mass is 354 g/mol. The van der Waals surface area contributed by atoms with Crippen LogP contribution in [-0.4, -0.2) is 32.3 Å². The lowest BCUT2D eigenvalue weighted by Crippen LogP contribution is -2.07. The van der Waals surface area contributed by atoms with Gasteiger partial charge in [-0.1, -0.05) is 30.3 Å². The topological polar surface area (TPSA) is 61.8 Å². The average molecular weight is 354 g/mol. The zero-order chi connectivity index (χ0) is 18.9. The highest BCUT2D eigenvalue weighted by atomic mass is 16.5. The van der Waals surface area contributed by atoms with E-state index in [-0.39, 0.29) is 18.8 Å². The minimum Gasteiger partial charge on any atom is -0.496 e. The Morgan fingerprint density at radius 3 is 2.38 bits per heavy atom. The number of fused-ring (bicyclic) bond motifs is 1. The van der Waals surface area contributed by atoms with Gasteiger partial charge >= 0.3 is 11.9 Å². The van der Waals surface area contributed by atoms with Crippen molar-refractivity contribution < 1.29 is 23.8 Å². The molecule has 0 heterocycles. The molecule has 5 nitrogen and oxygen atoms in total. The maximum absolute atomic E-state index is 12.3. The van der Waals surface area contributed by atoms with Crippen molar-refractivity contribution in [3.63, 3.8) is 0 Å². The molecule has 0 unspecified atom stereocenters. The van der Waals surface area contributed by atoms with Crippen molar-refractivity contribution in [2.24, 2.45) is 0 Å². The van der Waals surface area contributed by atoms with Gasteiger partial charge < -0.3 is 14.2 Å². The molecular weight excluding hydrogens is 332 g/mol. The molecule has 2 rings (SSSR count). The third kappa shape index (κ3) is 4.72. The van der Waals surface area contributed by atoms with Crippen LogP contribution in [0, 0.1) is 0 Å². The molecule has 0 N–H and O–H groups in total. The Balaban J connectivity index is 2.56. The van der Waals surface area contributed by atoms with Crippen LogP contribution >= 0.6 is 0 Å². The van der Waals surface area contributed by atoms with Gasteiger partial charge in [-0.05, 0) is 42.8 Å². The molecule has 0 fully saturated rings. The first-order chi connectivity index (χ1) is 12.6. The maximum atomic E-state index is 12.3. The number of carbonyl (C=O) groups excluding carboxylic acids is 2. The van der Waals surface area contributed by atoms with E-state index in [1.807, 2.05) is 36.4 Å². The summed E-state index contributed by atoms with van der Waals surface area (Å²) in [5.41, 5.74) is 0.969. The number of carbonyl (C=O) groups is 2. The summed E-state index contributed by atoms with van der Waals surface area (Å²) in [6, 6.07) is 11.6. The van der Waals surface area contributed by atoms with Crippen LogP contribution in [0.15, 0.2) is 54.1 Å². The minimum absolute atomic E-state index is 0.231. The average Bonchev–Trinajstić information content (AvgIpc) is 2.65. The molecule has 0 amide bonds. The lowest BCUT2D eigenvalue weighted by Gasteiger charge is -2.10. The summed E-state index contributed by atoms with van der Waals surface area (Å²) < 4.78 is 15.4. The molecule has 2 aromatic carbocycles. The van der Waals surface area contributed by atoms with E-state index in [0.717, 1.165) is 16.3 Å². The molecule has 0 atom stereocenters. The van der Waals surface area contributed by atoms with Gasteiger partial charge in [-0.3, -0.25) is 0 Å². The van der Waals surface area contributed by atoms with E-state index < -0.39 is 11.9 Å². The molecule has 0 radical (unpaired) electrons. The minimum atomic E-state index is -0.525. The number of rotatable bonds is 7. The highest BCUT2D eigenvalue weighted by Crippen LogP contribution is 2.30. The van der Waals surface area contributed by atoms with Gasteiger partial charge in [-0.15, -0.1) is 0 Å². The quantitative estimate of drug-likeness (QED) is 0.428. The van der Waals surface area contributed by atoms with E-state index in [0.29, 0.717) is 5.75 Å². The predicted molar refractivity (Wildman–Crippen MR) is 101 cm³/mol. The van der Waals surface area contributed by atoms with Gasteiger partial charge in [0.05, 0.1) is 25.9 Å². The number of hydrogen-bond donors (Lipinski definition) is 0. The largest absolute Gasteiger partial charge is 0.496 e. The van der Waals surface area contributed by atoms with Crippen LogP contribution in [0.25, 0.3) is 16.8 Å². The van der Waals surface area contributed by atoms with E-state index in [4.69, 9.17) is 14.2 Å². The van der Waals surface area contributed by atoms with Crippen molar-refractivity contribution in [2.75, 3.05) is 20.3 Å². The predicted octanol–water partition coefficient (Wildman–Crippen LogP) is 3.91. The van der Waals surface area contributed by atoms with E-state index in [1.165, 1.54) is 12.2 Å². The second-order valence-corrected chi connectivity index (χ2v) is 5.31. The molecule has 0 saturated carbocycles. The van der Waals surface area contributed by atoms with Gasteiger partial charge in [0.15, 0.2) is 0 Å². The van der Waals surface area contributed by atoms with Gasteiger partial charge in [-0.25, -0.2) is 9.59 Å². The normalized spacial score (nSPS) is 11.6. The van der Waals surface area contributed by atoms with Gasteiger partial charge in [0.25, 0.3) is 0 Å². The summed E-state index contributed by atoms with van der Waals surface area (Å²) in [4.78, 5) is 23.9. The number of esters is 2. The lowest BCUT2D eigenvalue weighted by molar-refractivity contribution is -0.138. The summed E-state index contributed by atoms with van der Waals surface area (Å²) in [6.07, 6.45) is 4.27. The van der Waals surface area contributed by atoms with Crippen LogP contribution in [-0.2, 0) is 19.1 Å². The molecule has 5 heteroatoms. The smallest absolute Gasteiger partial charge is 0.338 e. The van der Waals surface area contributed by atoms with Crippen LogP contribution < -0.4 is 4.74 Å². The Hall–Kier alpha value is -3.08. The van der Waals surface area contributed by atoms with E-state index in [9.17, 15) is 9.59 Å². The maximum Gasteiger partial charge on any atom is 0.338 e. The Morgan fingerprint density at radius 1 is 0.962 bits per heavy atom. The number of benzene rings is 2. The SMILES string of the molecule is CCOC(=O)/C=C/C(=C\c1c(OC)ccc2ccccc12)C(=O)OCC. The molecule has 0 bridgehead atoms. The molecular formula is C21H22O5. The summed E-state index contributed by atoms with van der Waals surface area (Å²) in [5.74, 6) is -0.425. The summed E-state index contributed by atoms with van der Waals surface area (Å²) in [5, 5.41) is 1.94. The van der Waals surface area contributed by atoms with Crippen molar-refractivity contribution in [3.05, 3.63) is 59.7 Å². The van der Waals surface area contributed by atoms with E-state index in [2.05, 4.69) is 0 Å². The number of methoxy groups -OCH3 is 1. The van der Waals surface area contributed by atoms with Crippen molar-refractivity contribution >= 4 is 28.8 Å². The van der Waals surface area contributed by atoms with Crippen LogP contribution in [0.4, 0.5) is 0 Å². The lowest BCUT2D eigenvalue weighted by atomic mass is 10.0. The highest BCUT2D eigenvalue weighted by Gasteiger charge is 2.12. The Morgan fingerprint density at radius 2 is 1.69 bits per heavy atom. The molecule has 2 aromatic rings. The van der Waals surface area contributed by atoms with Crippen LogP contribution in [0.5, 0.6) is 5.75 Å². The zero-order valence-electron chi connectivity index (χ0n) is 15.2. The number of hydrogen-bond acceptors (Lipinski definition) is 5. The molecule has 0 aliphatic heterocycles. The third-order valence-corrected chi connectivity index (χ3v) is 3.65. The number of ether oxygens (including phenoxy) is 3. The van der Waals surface area contributed by atoms with Crippen LogP contribution in [0.2, 0.25) is 0 Å². The molecule has 0 aromatic heterocycles. The molecule has 0 aliphatic rings. The Bertz CT molecular complexity index is 849. The molecule has 0 aliphatic carbocycles. The first kappa shape index (κ1) is 19.2. The molecule has 26 heavy (non-hydrogen) atoms. The van der Waals surface area contributed by atoms with Gasteiger partial charge in [0, 0.05) is 11.6 Å². The second kappa shape index (κ2) is 9.42. The summed E-state index contributed by atoms with van der Waals surface area (Å²) in [6.45, 7) is 3.94. The van der Waals surface area contributed by atoms with Crippen molar-refractivity contribution in [1.82, 2.24) is 0 Å². The van der Waals surface area contributed by atoms with E-state index in [1.54, 1.807) is 27.0 Å². The molecule has 0 saturated heterocycles. The van der Waals surface area contributed by atoms with Gasteiger partial charge in [0.1, 0.15) is 5.75 Å². The van der Waals surface area contributed by atoms with Gasteiger partial charge in [-0.2, -0.15) is 0 Å². The fourth-order valence-electron chi connectivity index (χ4n) is 2.50. The highest BCUT2D eigenvalue weighted by molar-refractivity contribution is 6.02. The second-order valence-electron chi connectivity index (χ2n) is 5.31. The first-order valence-corrected chi connectivity index (χ1v) is 8.40. The van der Waals surface area contributed by atoms with Crippen molar-refractivity contribution in [1.29, 1.82) is 0 Å². The fourth-order valence-corrected chi connectivity index (χ4v) is 2.50. The Kier molecular flexibility index (Phi) is 6.97. The van der Waals surface area contributed by atoms with Crippen molar-refractivity contribution in [3.8, 4) is 5.75 Å². The fraction of sp³-hybridized carbons (Fsp3) is 0.238. The van der Waals surface area contributed by atoms with Crippen LogP contribution in [0.1, 0.15) is 19.4 Å². The van der Waals surface area contributed by atoms with Crippen molar-refractivity contribution in [2.45, 2.75) is 13.8 Å². The summed E-state index contributed by atoms with van der Waals surface area (Å²) in [7, 11) is 1.57. The standard InChI is InChI=1S/C21H22O5/c1-4-25-20(22)13-11-16(21(23)26-5-2)14-18-17-9-7-6-8-15(17)10-12-19(18)24-3/h6-14H,4-5H2,1-3H3/b13-11+,16-14+. The zero-order valence-corrected chi connectivity index (χ0v) is 15.2. The summed E-state index contributed by atoms with van der Waals surface area (Å²) >= 11 is 0. The van der Waals surface area contributed by atoms with Crippen LogP contribution in [0.3, 0.4) is 0 Å². The first-order valence-electron chi connectivity index (χ1n) is 8.40.